The van der Waals surface area contributed by atoms with Crippen molar-refractivity contribution in [3.05, 3.63) is 53.3 Å². The Morgan fingerprint density at radius 3 is 2.57 bits per heavy atom. The maximum absolute atomic E-state index is 12.3. The Morgan fingerprint density at radius 2 is 2.00 bits per heavy atom. The van der Waals surface area contributed by atoms with Gasteiger partial charge in [-0.1, -0.05) is 37.3 Å². The van der Waals surface area contributed by atoms with E-state index < -0.39 is 0 Å². The maximum atomic E-state index is 12.3. The fourth-order valence-corrected chi connectivity index (χ4v) is 2.57. The van der Waals surface area contributed by atoms with E-state index in [2.05, 4.69) is 10.4 Å². The van der Waals surface area contributed by atoms with E-state index in [1.165, 1.54) is 0 Å². The Kier molecular flexibility index (Phi) is 5.14. The van der Waals surface area contributed by atoms with Gasteiger partial charge in [0.05, 0.1) is 18.2 Å². The first kappa shape index (κ1) is 15.3. The van der Waals surface area contributed by atoms with Gasteiger partial charge in [0.1, 0.15) is 0 Å². The zero-order chi connectivity index (χ0) is 15.2. The largest absolute Gasteiger partial charge is 0.354 e. The molecule has 1 amide bonds. The summed E-state index contributed by atoms with van der Waals surface area (Å²) >= 11 is 0. The van der Waals surface area contributed by atoms with Crippen LogP contribution in [0.25, 0.3) is 0 Å². The molecule has 0 unspecified atom stereocenters. The van der Waals surface area contributed by atoms with Crippen molar-refractivity contribution in [2.24, 2.45) is 0 Å². The summed E-state index contributed by atoms with van der Waals surface area (Å²) in [6.07, 6.45) is 0.801. The van der Waals surface area contributed by atoms with E-state index in [9.17, 15) is 4.79 Å². The molecule has 0 saturated carbocycles. The Morgan fingerprint density at radius 1 is 1.29 bits per heavy atom. The average Bonchev–Trinajstić information content (AvgIpc) is 2.79. The first-order chi connectivity index (χ1) is 10.1. The van der Waals surface area contributed by atoms with Crippen LogP contribution in [0.4, 0.5) is 0 Å². The van der Waals surface area contributed by atoms with Crippen LogP contribution >= 0.6 is 0 Å². The lowest BCUT2D eigenvalue weighted by Crippen LogP contribution is -2.32. The van der Waals surface area contributed by atoms with Crippen molar-refractivity contribution in [1.82, 2.24) is 15.1 Å². The molecule has 0 radical (unpaired) electrons. The average molecular weight is 285 g/mol. The number of amides is 1. The van der Waals surface area contributed by atoms with Crippen LogP contribution in [-0.2, 0) is 11.3 Å². The van der Waals surface area contributed by atoms with Crippen LogP contribution in [0.3, 0.4) is 0 Å². The Balaban J connectivity index is 1.90. The lowest BCUT2D eigenvalue weighted by molar-refractivity contribution is -0.122. The highest BCUT2D eigenvalue weighted by Gasteiger charge is 2.17. The molecule has 21 heavy (non-hydrogen) atoms. The molecule has 1 heterocycles. The molecule has 1 atom stereocenters. The minimum absolute atomic E-state index is 0.0772. The number of rotatable bonds is 6. The Bertz CT molecular complexity index is 589. The number of hydrogen-bond acceptors (Lipinski definition) is 2. The van der Waals surface area contributed by atoms with Gasteiger partial charge in [0.25, 0.3) is 0 Å². The van der Waals surface area contributed by atoms with Gasteiger partial charge in [-0.2, -0.15) is 5.10 Å². The number of nitrogens with zero attached hydrogens (tertiary/aromatic N) is 2. The van der Waals surface area contributed by atoms with Gasteiger partial charge >= 0.3 is 0 Å². The predicted molar refractivity (Wildman–Crippen MR) is 84.2 cm³/mol. The van der Waals surface area contributed by atoms with E-state index in [0.29, 0.717) is 13.1 Å². The van der Waals surface area contributed by atoms with Crippen LogP contribution in [-0.4, -0.2) is 22.2 Å². The summed E-state index contributed by atoms with van der Waals surface area (Å²) in [7, 11) is 0. The highest BCUT2D eigenvalue weighted by Crippen LogP contribution is 2.19. The Hall–Kier alpha value is -2.10. The van der Waals surface area contributed by atoms with Crippen LogP contribution in [0.1, 0.15) is 36.2 Å². The minimum Gasteiger partial charge on any atom is -0.354 e. The van der Waals surface area contributed by atoms with E-state index >= 15 is 0 Å². The van der Waals surface area contributed by atoms with Crippen LogP contribution in [0, 0.1) is 13.8 Å². The SMILES string of the molecule is CC[C@H](C(=O)NCCn1nc(C)cc1C)c1ccccc1. The molecule has 1 aromatic carbocycles. The molecule has 0 saturated heterocycles. The third kappa shape index (κ3) is 3.94. The molecule has 0 spiro atoms. The van der Waals surface area contributed by atoms with Crippen LogP contribution in [0.2, 0.25) is 0 Å². The number of benzene rings is 1. The fraction of sp³-hybridized carbons (Fsp3) is 0.412. The summed E-state index contributed by atoms with van der Waals surface area (Å²) in [4.78, 5) is 12.3. The number of carbonyl (C=O) groups excluding carboxylic acids is 1. The van der Waals surface area contributed by atoms with Gasteiger partial charge in [-0.3, -0.25) is 9.48 Å². The summed E-state index contributed by atoms with van der Waals surface area (Å²) in [5.41, 5.74) is 3.20. The lowest BCUT2D eigenvalue weighted by atomic mass is 9.96. The monoisotopic (exact) mass is 285 g/mol. The second-order valence-electron chi connectivity index (χ2n) is 5.31. The summed E-state index contributed by atoms with van der Waals surface area (Å²) in [5, 5.41) is 7.41. The molecule has 0 aliphatic rings. The van der Waals surface area contributed by atoms with Gasteiger partial charge in [0.2, 0.25) is 5.91 Å². The summed E-state index contributed by atoms with van der Waals surface area (Å²) in [6, 6.07) is 12.0. The summed E-state index contributed by atoms with van der Waals surface area (Å²) in [5.74, 6) is 0.0110. The standard InChI is InChI=1S/C17H23N3O/c1-4-16(15-8-6-5-7-9-15)17(21)18-10-11-20-14(3)12-13(2)19-20/h5-9,12,16H,4,10-11H2,1-3H3,(H,18,21)/t16-/m0/s1. The van der Waals surface area contributed by atoms with Crippen LogP contribution in [0.5, 0.6) is 0 Å². The second-order valence-corrected chi connectivity index (χ2v) is 5.31. The number of carbonyl (C=O) groups is 1. The van der Waals surface area contributed by atoms with E-state index in [1.807, 2.05) is 61.9 Å². The van der Waals surface area contributed by atoms with Crippen LogP contribution in [0.15, 0.2) is 36.4 Å². The van der Waals surface area contributed by atoms with Crippen molar-refractivity contribution >= 4 is 5.91 Å². The lowest BCUT2D eigenvalue weighted by Gasteiger charge is -2.15. The number of hydrogen-bond donors (Lipinski definition) is 1. The van der Waals surface area contributed by atoms with E-state index in [-0.39, 0.29) is 11.8 Å². The topological polar surface area (TPSA) is 46.9 Å². The van der Waals surface area contributed by atoms with Crippen molar-refractivity contribution in [2.75, 3.05) is 6.54 Å². The van der Waals surface area contributed by atoms with Crippen molar-refractivity contribution in [3.63, 3.8) is 0 Å². The molecule has 0 bridgehead atoms. The molecule has 4 nitrogen and oxygen atoms in total. The zero-order valence-electron chi connectivity index (χ0n) is 13.0. The van der Waals surface area contributed by atoms with Gasteiger partial charge < -0.3 is 5.32 Å². The summed E-state index contributed by atoms with van der Waals surface area (Å²) < 4.78 is 1.93. The van der Waals surface area contributed by atoms with Gasteiger partial charge in [0, 0.05) is 12.2 Å². The van der Waals surface area contributed by atoms with Crippen molar-refractivity contribution in [2.45, 2.75) is 39.7 Å². The highest BCUT2D eigenvalue weighted by atomic mass is 16.1. The van der Waals surface area contributed by atoms with Gasteiger partial charge in [-0.25, -0.2) is 0 Å². The zero-order valence-corrected chi connectivity index (χ0v) is 13.0. The van der Waals surface area contributed by atoms with Gasteiger partial charge in [0.15, 0.2) is 0 Å². The number of nitrogens with one attached hydrogen (secondary N) is 1. The van der Waals surface area contributed by atoms with Crippen molar-refractivity contribution in [1.29, 1.82) is 0 Å². The summed E-state index contributed by atoms with van der Waals surface area (Å²) in [6.45, 7) is 7.35. The third-order valence-electron chi connectivity index (χ3n) is 3.65. The quantitative estimate of drug-likeness (QED) is 0.887. The molecule has 112 valence electrons. The molecular weight excluding hydrogens is 262 g/mol. The van der Waals surface area contributed by atoms with Crippen LogP contribution < -0.4 is 5.32 Å². The van der Waals surface area contributed by atoms with Gasteiger partial charge in [-0.05, 0) is 31.9 Å². The van der Waals surface area contributed by atoms with E-state index in [4.69, 9.17) is 0 Å². The van der Waals surface area contributed by atoms with Gasteiger partial charge in [-0.15, -0.1) is 0 Å². The Labute approximate surface area is 126 Å². The smallest absolute Gasteiger partial charge is 0.227 e. The minimum atomic E-state index is -0.0772. The molecule has 0 aliphatic carbocycles. The first-order valence-electron chi connectivity index (χ1n) is 7.45. The van der Waals surface area contributed by atoms with E-state index in [0.717, 1.165) is 23.4 Å². The normalized spacial score (nSPS) is 12.1. The number of aryl methyl sites for hydroxylation is 2. The molecule has 0 fully saturated rings. The molecule has 2 rings (SSSR count). The third-order valence-corrected chi connectivity index (χ3v) is 3.65. The fourth-order valence-electron chi connectivity index (χ4n) is 2.57. The molecule has 0 aliphatic heterocycles. The maximum Gasteiger partial charge on any atom is 0.227 e. The van der Waals surface area contributed by atoms with Crippen molar-refractivity contribution < 1.29 is 4.79 Å². The second kappa shape index (κ2) is 7.07. The van der Waals surface area contributed by atoms with Crippen molar-refractivity contribution in [3.8, 4) is 0 Å². The first-order valence-corrected chi connectivity index (χ1v) is 7.45. The molecule has 1 aromatic heterocycles. The molecule has 4 heteroatoms. The number of aromatic nitrogens is 2. The predicted octanol–water partition coefficient (Wildman–Crippen LogP) is 2.81. The van der Waals surface area contributed by atoms with E-state index in [1.54, 1.807) is 0 Å². The molecule has 2 aromatic rings. The molecular formula is C17H23N3O. The highest BCUT2D eigenvalue weighted by molar-refractivity contribution is 5.83. The molecule has 1 N–H and O–H groups in total.